The van der Waals surface area contributed by atoms with Gasteiger partial charge in [0.05, 0.1) is 23.7 Å². The molecule has 0 radical (unpaired) electrons. The standard InChI is InChI=1S/C20H22N6O2/c1-13-21-20-22-16-8-9-25(11-10-24(2)3)19(27)17(16)18(26(20)23-13)14-6-5-7-15(12-14)28-4/h5-9,12H,10-11H2,1-4H3. The molecule has 0 aliphatic rings. The number of ether oxygens (including phenoxy) is 1. The number of methoxy groups -OCH3 is 1. The summed E-state index contributed by atoms with van der Waals surface area (Å²) >= 11 is 0. The van der Waals surface area contributed by atoms with Gasteiger partial charge in [-0.1, -0.05) is 12.1 Å². The van der Waals surface area contributed by atoms with Crippen molar-refractivity contribution in [2.75, 3.05) is 27.7 Å². The topological polar surface area (TPSA) is 77.5 Å². The van der Waals surface area contributed by atoms with E-state index in [9.17, 15) is 4.79 Å². The second-order valence-electron chi connectivity index (χ2n) is 6.94. The van der Waals surface area contributed by atoms with E-state index in [0.717, 1.165) is 12.1 Å². The van der Waals surface area contributed by atoms with Crippen LogP contribution in [0.1, 0.15) is 5.82 Å². The van der Waals surface area contributed by atoms with Crippen LogP contribution in [0.25, 0.3) is 27.9 Å². The zero-order chi connectivity index (χ0) is 19.8. The number of nitrogens with zero attached hydrogens (tertiary/aromatic N) is 6. The second kappa shape index (κ2) is 7.05. The van der Waals surface area contributed by atoms with E-state index >= 15 is 0 Å². The van der Waals surface area contributed by atoms with Crippen LogP contribution in [0.3, 0.4) is 0 Å². The summed E-state index contributed by atoms with van der Waals surface area (Å²) in [5.41, 5.74) is 2.00. The first-order valence-corrected chi connectivity index (χ1v) is 9.03. The lowest BCUT2D eigenvalue weighted by Crippen LogP contribution is -2.27. The zero-order valence-electron chi connectivity index (χ0n) is 16.4. The first-order chi connectivity index (χ1) is 13.5. The molecule has 0 atom stereocenters. The van der Waals surface area contributed by atoms with Crippen LogP contribution in [0.15, 0.2) is 41.3 Å². The molecule has 3 aromatic heterocycles. The summed E-state index contributed by atoms with van der Waals surface area (Å²) in [6, 6.07) is 9.45. The Morgan fingerprint density at radius 1 is 1.18 bits per heavy atom. The molecule has 4 aromatic rings. The van der Waals surface area contributed by atoms with Gasteiger partial charge in [-0.2, -0.15) is 9.50 Å². The number of fused-ring (bicyclic) bond motifs is 2. The molecule has 0 fully saturated rings. The van der Waals surface area contributed by atoms with Crippen LogP contribution in [-0.4, -0.2) is 56.8 Å². The maximum atomic E-state index is 13.4. The highest BCUT2D eigenvalue weighted by Gasteiger charge is 2.18. The first-order valence-electron chi connectivity index (χ1n) is 9.03. The van der Waals surface area contributed by atoms with Crippen LogP contribution in [0.5, 0.6) is 5.75 Å². The highest BCUT2D eigenvalue weighted by atomic mass is 16.5. The van der Waals surface area contributed by atoms with Crippen LogP contribution in [-0.2, 0) is 6.54 Å². The summed E-state index contributed by atoms with van der Waals surface area (Å²) < 4.78 is 8.73. The van der Waals surface area contributed by atoms with E-state index < -0.39 is 0 Å². The molecule has 3 heterocycles. The Morgan fingerprint density at radius 3 is 2.75 bits per heavy atom. The Bertz CT molecular complexity index is 1220. The predicted octanol–water partition coefficient (Wildman–Crippen LogP) is 1.98. The molecule has 0 N–H and O–H groups in total. The number of rotatable bonds is 5. The molecule has 144 valence electrons. The summed E-state index contributed by atoms with van der Waals surface area (Å²) in [7, 11) is 5.58. The number of aromatic nitrogens is 5. The summed E-state index contributed by atoms with van der Waals surface area (Å²) in [6.07, 6.45) is 1.79. The van der Waals surface area contributed by atoms with Gasteiger partial charge >= 0.3 is 0 Å². The average Bonchev–Trinajstić information content (AvgIpc) is 3.05. The van der Waals surface area contributed by atoms with Gasteiger partial charge in [0.1, 0.15) is 11.6 Å². The van der Waals surface area contributed by atoms with Gasteiger partial charge < -0.3 is 14.2 Å². The molecule has 0 unspecified atom stereocenters. The number of hydrogen-bond acceptors (Lipinski definition) is 6. The van der Waals surface area contributed by atoms with Crippen LogP contribution in [0, 0.1) is 6.92 Å². The maximum absolute atomic E-state index is 13.4. The van der Waals surface area contributed by atoms with E-state index in [1.54, 1.807) is 22.4 Å². The monoisotopic (exact) mass is 378 g/mol. The smallest absolute Gasteiger partial charge is 0.262 e. The van der Waals surface area contributed by atoms with Crippen molar-refractivity contribution >= 4 is 16.7 Å². The fraction of sp³-hybridized carbons (Fsp3) is 0.300. The van der Waals surface area contributed by atoms with Crippen molar-refractivity contribution in [2.24, 2.45) is 0 Å². The Kier molecular flexibility index (Phi) is 4.56. The van der Waals surface area contributed by atoms with Crippen molar-refractivity contribution in [3.8, 4) is 17.0 Å². The highest BCUT2D eigenvalue weighted by Crippen LogP contribution is 2.28. The molecular formula is C20H22N6O2. The van der Waals surface area contributed by atoms with Crippen LogP contribution in [0.2, 0.25) is 0 Å². The molecule has 4 rings (SSSR count). The third kappa shape index (κ3) is 3.11. The van der Waals surface area contributed by atoms with Gasteiger partial charge in [0.15, 0.2) is 0 Å². The molecule has 8 nitrogen and oxygen atoms in total. The number of hydrogen-bond donors (Lipinski definition) is 0. The lowest BCUT2D eigenvalue weighted by Gasteiger charge is -2.14. The number of aryl methyl sites for hydroxylation is 1. The van der Waals surface area contributed by atoms with Gasteiger partial charge in [0, 0.05) is 24.8 Å². The minimum Gasteiger partial charge on any atom is -0.497 e. The van der Waals surface area contributed by atoms with Crippen molar-refractivity contribution in [3.05, 3.63) is 52.7 Å². The Hall–Kier alpha value is -3.26. The van der Waals surface area contributed by atoms with E-state index in [0.29, 0.717) is 40.5 Å². The summed E-state index contributed by atoms with van der Waals surface area (Å²) in [4.78, 5) is 24.4. The quantitative estimate of drug-likeness (QED) is 0.529. The summed E-state index contributed by atoms with van der Waals surface area (Å²) in [5, 5.41) is 5.01. The van der Waals surface area contributed by atoms with Crippen molar-refractivity contribution in [1.82, 2.24) is 29.0 Å². The van der Waals surface area contributed by atoms with Gasteiger partial charge in [-0.05, 0) is 39.2 Å². The van der Waals surface area contributed by atoms with E-state index in [-0.39, 0.29) is 5.56 Å². The fourth-order valence-corrected chi connectivity index (χ4v) is 3.24. The zero-order valence-corrected chi connectivity index (χ0v) is 16.4. The van der Waals surface area contributed by atoms with Crippen LogP contribution < -0.4 is 10.3 Å². The van der Waals surface area contributed by atoms with Gasteiger partial charge in [-0.3, -0.25) is 4.79 Å². The Morgan fingerprint density at radius 2 is 2.00 bits per heavy atom. The largest absolute Gasteiger partial charge is 0.497 e. The lowest BCUT2D eigenvalue weighted by molar-refractivity contribution is 0.381. The van der Waals surface area contributed by atoms with Gasteiger partial charge in [0.2, 0.25) is 0 Å². The molecule has 0 saturated heterocycles. The molecule has 0 bridgehead atoms. The van der Waals surface area contributed by atoms with E-state index in [2.05, 4.69) is 15.1 Å². The average molecular weight is 378 g/mol. The third-order valence-corrected chi connectivity index (χ3v) is 4.64. The van der Waals surface area contributed by atoms with Crippen LogP contribution in [0.4, 0.5) is 0 Å². The molecule has 28 heavy (non-hydrogen) atoms. The normalized spacial score (nSPS) is 11.6. The molecule has 8 heteroatoms. The van der Waals surface area contributed by atoms with E-state index in [1.807, 2.05) is 56.3 Å². The van der Waals surface area contributed by atoms with Crippen molar-refractivity contribution in [3.63, 3.8) is 0 Å². The second-order valence-corrected chi connectivity index (χ2v) is 6.94. The van der Waals surface area contributed by atoms with Crippen LogP contribution >= 0.6 is 0 Å². The predicted molar refractivity (Wildman–Crippen MR) is 108 cm³/mol. The van der Waals surface area contributed by atoms with Gasteiger partial charge in [-0.15, -0.1) is 5.10 Å². The summed E-state index contributed by atoms with van der Waals surface area (Å²) in [5.74, 6) is 1.77. The maximum Gasteiger partial charge on any atom is 0.262 e. The SMILES string of the molecule is COc1cccc(-c2c3c(=O)n(CCN(C)C)ccc3nc3nc(C)nn23)c1. The van der Waals surface area contributed by atoms with Crippen molar-refractivity contribution in [2.45, 2.75) is 13.5 Å². The van der Waals surface area contributed by atoms with Crippen molar-refractivity contribution < 1.29 is 4.74 Å². The Balaban J connectivity index is 2.07. The summed E-state index contributed by atoms with van der Waals surface area (Å²) in [6.45, 7) is 3.16. The van der Waals surface area contributed by atoms with Gasteiger partial charge in [0.25, 0.3) is 11.3 Å². The van der Waals surface area contributed by atoms with Gasteiger partial charge in [-0.25, -0.2) is 4.98 Å². The molecule has 0 spiro atoms. The third-order valence-electron chi connectivity index (χ3n) is 4.64. The number of pyridine rings is 1. The van der Waals surface area contributed by atoms with E-state index in [4.69, 9.17) is 4.74 Å². The fourth-order valence-electron chi connectivity index (χ4n) is 3.24. The molecule has 0 aliphatic heterocycles. The van der Waals surface area contributed by atoms with Crippen molar-refractivity contribution in [1.29, 1.82) is 0 Å². The minimum atomic E-state index is -0.0975. The molecule has 0 saturated carbocycles. The Labute approximate surface area is 162 Å². The van der Waals surface area contributed by atoms with E-state index in [1.165, 1.54) is 0 Å². The minimum absolute atomic E-state index is 0.0975. The lowest BCUT2D eigenvalue weighted by atomic mass is 10.1. The number of likely N-dealkylation sites (N-methyl/N-ethyl adjacent to an activating group) is 1. The molecule has 0 aliphatic carbocycles. The number of benzene rings is 1. The first kappa shape index (κ1) is 18.1. The molecule has 1 aromatic carbocycles. The highest BCUT2D eigenvalue weighted by molar-refractivity contribution is 5.93. The molecule has 0 amide bonds. The molecular weight excluding hydrogens is 356 g/mol.